The van der Waals surface area contributed by atoms with Gasteiger partial charge in [0.25, 0.3) is 0 Å². The van der Waals surface area contributed by atoms with Crippen molar-refractivity contribution in [2.75, 3.05) is 0 Å². The van der Waals surface area contributed by atoms with E-state index < -0.39 is 0 Å². The van der Waals surface area contributed by atoms with Crippen molar-refractivity contribution in [3.8, 4) is 89.1 Å². The van der Waals surface area contributed by atoms with Crippen LogP contribution in [0, 0.1) is 0 Å². The molecule has 7 aromatic carbocycles. The first-order valence-electron chi connectivity index (χ1n) is 17.3. The van der Waals surface area contributed by atoms with Gasteiger partial charge in [-0.1, -0.05) is 170 Å². The molecule has 2 heterocycles. The van der Waals surface area contributed by atoms with E-state index in [1.54, 1.807) is 6.33 Å². The van der Waals surface area contributed by atoms with Crippen molar-refractivity contribution >= 4 is 11.0 Å². The second kappa shape index (κ2) is 13.2. The Morgan fingerprint density at radius 1 is 0.308 bits per heavy atom. The third-order valence-electron chi connectivity index (χ3n) is 10.2. The average Bonchev–Trinajstić information content (AvgIpc) is 3.69. The molecule has 0 fully saturated rings. The van der Waals surface area contributed by atoms with Crippen LogP contribution in [0.15, 0.2) is 182 Å². The van der Waals surface area contributed by atoms with Gasteiger partial charge >= 0.3 is 22.4 Å². The molecule has 0 saturated carbocycles. The maximum atomic E-state index is 4.73. The molecule has 0 radical (unpaired) electrons. The Labute approximate surface area is 318 Å². The number of hydrogen-bond acceptors (Lipinski definition) is 2. The summed E-state index contributed by atoms with van der Waals surface area (Å²) < 4.78 is 0. The van der Waals surface area contributed by atoms with E-state index in [0.29, 0.717) is 0 Å². The molecule has 3 nitrogen and oxygen atoms in total. The summed E-state index contributed by atoms with van der Waals surface area (Å²) in [7, 11) is 0. The molecule has 0 amide bonds. The Balaban J connectivity index is 0.000000137. The van der Waals surface area contributed by atoms with Crippen LogP contribution in [0.25, 0.3) is 100 Å². The van der Waals surface area contributed by atoms with Crippen LogP contribution in [0.4, 0.5) is 0 Å². The summed E-state index contributed by atoms with van der Waals surface area (Å²) in [5, 5.41) is 0. The zero-order valence-electron chi connectivity index (χ0n) is 28.0. The summed E-state index contributed by atoms with van der Waals surface area (Å²) in [4.78, 5) is 13.8. The van der Waals surface area contributed by atoms with Crippen LogP contribution in [-0.4, -0.2) is 9.97 Å². The summed E-state index contributed by atoms with van der Waals surface area (Å²) in [5.74, 6) is 0. The van der Waals surface area contributed by atoms with Gasteiger partial charge in [-0.2, -0.15) is 0 Å². The van der Waals surface area contributed by atoms with Gasteiger partial charge in [0, 0.05) is 17.3 Å². The van der Waals surface area contributed by atoms with E-state index in [9.17, 15) is 0 Å². The fourth-order valence-electron chi connectivity index (χ4n) is 7.97. The maximum Gasteiger partial charge on any atom is 1.00 e. The zero-order chi connectivity index (χ0) is 33.7. The minimum absolute atomic E-state index is 0. The van der Waals surface area contributed by atoms with Gasteiger partial charge in [0.1, 0.15) is 0 Å². The Bertz CT molecular complexity index is 2480. The molecule has 9 aromatic rings. The molecule has 2 aliphatic rings. The molecule has 2 aliphatic carbocycles. The van der Waals surface area contributed by atoms with E-state index in [1.807, 2.05) is 12.3 Å². The van der Waals surface area contributed by atoms with E-state index in [-0.39, 0.29) is 22.4 Å². The number of fused-ring (bicyclic) bond motifs is 18. The van der Waals surface area contributed by atoms with Crippen molar-refractivity contribution in [1.29, 1.82) is 0 Å². The van der Waals surface area contributed by atoms with Crippen LogP contribution in [0.5, 0.6) is 0 Å². The number of benzene rings is 7. The van der Waals surface area contributed by atoms with E-state index in [2.05, 4.69) is 174 Å². The Morgan fingerprint density at radius 3 is 1.17 bits per heavy atom. The van der Waals surface area contributed by atoms with E-state index in [0.717, 1.165) is 16.7 Å². The summed E-state index contributed by atoms with van der Waals surface area (Å²) in [5.41, 5.74) is 21.4. The predicted octanol–water partition coefficient (Wildman–Crippen LogP) is 12.2. The number of rotatable bonds is 0. The summed E-state index contributed by atoms with van der Waals surface area (Å²) in [6.07, 6.45) is 3.54. The van der Waals surface area contributed by atoms with Crippen molar-refractivity contribution in [1.82, 2.24) is 15.0 Å². The molecule has 0 saturated heterocycles. The van der Waals surface area contributed by atoms with Gasteiger partial charge in [-0.3, -0.25) is 4.98 Å². The number of nitrogens with zero attached hydrogens (tertiary/aromatic N) is 3. The van der Waals surface area contributed by atoms with Crippen molar-refractivity contribution in [2.24, 2.45) is 0 Å². The van der Waals surface area contributed by atoms with Crippen LogP contribution < -0.4 is 4.98 Å². The summed E-state index contributed by atoms with van der Waals surface area (Å²) in [6.45, 7) is 0. The monoisotopic (exact) mass is 845 g/mol. The second-order valence-corrected chi connectivity index (χ2v) is 12.9. The van der Waals surface area contributed by atoms with Gasteiger partial charge in [-0.05, 0) is 89.4 Å². The largest absolute Gasteiger partial charge is 1.00 e. The molecule has 248 valence electrons. The summed E-state index contributed by atoms with van der Waals surface area (Å²) in [6, 6.07) is 60.2. The standard InChI is InChI=1S/C25H15N2.C23H15N.Au/c1-2-8-17-16(7-1)18-9-3-4-11-20(18)22-13-14-23-25(27-15-26-23)24(22)21-12-6-5-10-19(17)21;1-2-9-17-16(8-1)18-10-3-4-11-20(18)22-14-7-15-24-23(22)21-13-6-5-12-19(17)21;/h1-15H;1-15H;/q-1;;+1. The van der Waals surface area contributed by atoms with Gasteiger partial charge < -0.3 is 9.97 Å². The first-order valence-corrected chi connectivity index (χ1v) is 17.3. The summed E-state index contributed by atoms with van der Waals surface area (Å²) >= 11 is 0. The molecule has 0 N–H and O–H groups in total. The predicted molar refractivity (Wildman–Crippen MR) is 210 cm³/mol. The molecular formula is C48H30AuN3. The molecular weight excluding hydrogens is 816 g/mol. The first kappa shape index (κ1) is 31.9. The number of aromatic nitrogens is 3. The molecule has 0 unspecified atom stereocenters. The third-order valence-corrected chi connectivity index (χ3v) is 10.2. The van der Waals surface area contributed by atoms with Gasteiger partial charge in [-0.25, -0.2) is 0 Å². The smallest absolute Gasteiger partial charge is 0.443 e. The number of imidazole rings is 1. The van der Waals surface area contributed by atoms with Crippen LogP contribution in [0.1, 0.15) is 0 Å². The van der Waals surface area contributed by atoms with Gasteiger partial charge in [0.05, 0.1) is 5.69 Å². The van der Waals surface area contributed by atoms with Gasteiger partial charge in [0.2, 0.25) is 0 Å². The molecule has 0 atom stereocenters. The number of hydrogen-bond donors (Lipinski definition) is 0. The minimum atomic E-state index is 0. The van der Waals surface area contributed by atoms with Crippen LogP contribution in [0.2, 0.25) is 0 Å². The second-order valence-electron chi connectivity index (χ2n) is 12.9. The quantitative estimate of drug-likeness (QED) is 0.143. The van der Waals surface area contributed by atoms with Crippen LogP contribution >= 0.6 is 0 Å². The molecule has 0 aliphatic heterocycles. The Hall–Kier alpha value is -6.10. The van der Waals surface area contributed by atoms with Crippen molar-refractivity contribution in [2.45, 2.75) is 0 Å². The SMILES string of the molecule is [Au+].c1ccc2c(c1)-c1ccccc1-c1ccc3nc[n-]c3c1-c1ccccc1-2.c1ccc2c(c1)-c1ccccc1-c1cccnc1-c1ccccc1-2. The normalized spacial score (nSPS) is 11.3. The average molecular weight is 846 g/mol. The van der Waals surface area contributed by atoms with E-state index in [1.165, 1.54) is 83.5 Å². The number of pyridine rings is 1. The van der Waals surface area contributed by atoms with E-state index in [4.69, 9.17) is 4.98 Å². The molecule has 2 aromatic heterocycles. The molecule has 4 heteroatoms. The van der Waals surface area contributed by atoms with Gasteiger partial charge in [0.15, 0.2) is 0 Å². The van der Waals surface area contributed by atoms with Crippen LogP contribution in [-0.2, 0) is 22.4 Å². The maximum absolute atomic E-state index is 4.73. The van der Waals surface area contributed by atoms with Crippen LogP contribution in [0.3, 0.4) is 0 Å². The molecule has 0 bridgehead atoms. The Kier molecular flexibility index (Phi) is 8.10. The topological polar surface area (TPSA) is 39.9 Å². The van der Waals surface area contributed by atoms with Crippen molar-refractivity contribution < 1.29 is 22.4 Å². The van der Waals surface area contributed by atoms with Crippen molar-refractivity contribution in [3.63, 3.8) is 0 Å². The molecule has 11 rings (SSSR count). The van der Waals surface area contributed by atoms with Crippen molar-refractivity contribution in [3.05, 3.63) is 182 Å². The molecule has 52 heavy (non-hydrogen) atoms. The van der Waals surface area contributed by atoms with E-state index >= 15 is 0 Å². The fourth-order valence-corrected chi connectivity index (χ4v) is 7.97. The third kappa shape index (κ3) is 5.10. The molecule has 0 spiro atoms. The Morgan fingerprint density at radius 2 is 0.673 bits per heavy atom. The minimum Gasteiger partial charge on any atom is -0.443 e. The van der Waals surface area contributed by atoms with Gasteiger partial charge in [-0.15, -0.1) is 0 Å². The zero-order valence-corrected chi connectivity index (χ0v) is 30.1. The fraction of sp³-hybridized carbons (Fsp3) is 0. The first-order chi connectivity index (χ1) is 25.3.